The molecule has 0 fully saturated rings. The maximum atomic E-state index is 12.8. The quantitative estimate of drug-likeness (QED) is 0.567. The summed E-state index contributed by atoms with van der Waals surface area (Å²) in [6, 6.07) is 16.0. The molecule has 8 heteroatoms. The Morgan fingerprint density at radius 3 is 2.40 bits per heavy atom. The molecule has 3 rings (SSSR count). The summed E-state index contributed by atoms with van der Waals surface area (Å²) >= 11 is 6.48. The average molecular weight is 395 g/mol. The van der Waals surface area contributed by atoms with Gasteiger partial charge in [0.15, 0.2) is 0 Å². The van der Waals surface area contributed by atoms with Crippen molar-refractivity contribution in [1.82, 2.24) is 0 Å². The van der Waals surface area contributed by atoms with Gasteiger partial charge < -0.3 is 4.18 Å². The molecule has 0 radical (unpaired) electrons. The number of hydrazone groups is 1. The minimum absolute atomic E-state index is 0.356. The number of hydrogen-bond donors (Lipinski definition) is 0. The molecule has 0 aliphatic carbocycles. The van der Waals surface area contributed by atoms with Gasteiger partial charge in [-0.3, -0.25) is 4.79 Å². The van der Waals surface area contributed by atoms with Crippen molar-refractivity contribution in [1.29, 1.82) is 0 Å². The molecule has 0 bridgehead atoms. The number of benzene rings is 2. The summed E-state index contributed by atoms with van der Waals surface area (Å²) in [4.78, 5) is 12.8. The lowest BCUT2D eigenvalue weighted by Gasteiger charge is -2.19. The van der Waals surface area contributed by atoms with Crippen molar-refractivity contribution in [2.45, 2.75) is 18.1 Å². The van der Waals surface area contributed by atoms with E-state index in [1.54, 1.807) is 43.3 Å². The largest absolute Gasteiger partial charge is 0.393 e. The Morgan fingerprint density at radius 1 is 1.12 bits per heavy atom. The summed E-state index contributed by atoms with van der Waals surface area (Å²) in [5.74, 6) is -0.0328. The van der Waals surface area contributed by atoms with Crippen LogP contribution in [0.3, 0.4) is 0 Å². The summed E-state index contributed by atoms with van der Waals surface area (Å²) in [5, 5.41) is 5.47. The topological polar surface area (TPSA) is 59.0 Å². The van der Waals surface area contributed by atoms with Crippen LogP contribution in [0.1, 0.15) is 12.5 Å². The number of carbonyl (C=O) groups excluding carboxylic acids is 1. The first-order valence-electron chi connectivity index (χ1n) is 7.40. The van der Waals surface area contributed by atoms with Crippen molar-refractivity contribution in [2.75, 3.05) is 5.01 Å². The number of rotatable bonds is 5. The molecular weight excluding hydrogens is 380 g/mol. The lowest BCUT2D eigenvalue weighted by molar-refractivity contribution is -0.117. The lowest BCUT2D eigenvalue weighted by Crippen LogP contribution is -2.38. The fraction of sp³-hybridized carbons (Fsp3) is 0.176. The minimum Gasteiger partial charge on any atom is -0.393 e. The van der Waals surface area contributed by atoms with E-state index in [1.165, 1.54) is 5.01 Å². The van der Waals surface area contributed by atoms with Crippen LogP contribution in [0.2, 0.25) is 0 Å². The highest BCUT2D eigenvalue weighted by Crippen LogP contribution is 2.42. The van der Waals surface area contributed by atoms with E-state index in [4.69, 9.17) is 15.8 Å². The van der Waals surface area contributed by atoms with E-state index in [0.29, 0.717) is 27.9 Å². The Kier molecular flexibility index (Phi) is 5.17. The van der Waals surface area contributed by atoms with Crippen LogP contribution < -0.4 is 9.19 Å². The number of aryl methyl sites for hydroxylation is 1. The third-order valence-corrected chi connectivity index (χ3v) is 7.02. The van der Waals surface area contributed by atoms with Gasteiger partial charge in [-0.1, -0.05) is 47.5 Å². The van der Waals surface area contributed by atoms with Crippen molar-refractivity contribution in [3.05, 3.63) is 60.2 Å². The molecule has 0 saturated carbocycles. The van der Waals surface area contributed by atoms with Crippen LogP contribution >= 0.6 is 22.4 Å². The van der Waals surface area contributed by atoms with Crippen molar-refractivity contribution < 1.29 is 13.2 Å². The number of nitrogens with zero attached hydrogens (tertiary/aromatic N) is 2. The van der Waals surface area contributed by atoms with Crippen molar-refractivity contribution in [3.8, 4) is 5.75 Å². The van der Waals surface area contributed by atoms with E-state index in [0.717, 1.165) is 5.56 Å². The number of para-hydroxylation sites is 1. The lowest BCUT2D eigenvalue weighted by atomic mass is 10.2. The van der Waals surface area contributed by atoms with E-state index in [2.05, 4.69) is 5.10 Å². The SMILES string of the molecule is CC1=NN(c2ccc(C)cc2)C(=O)C1(Cl)SS(=O)Oc1ccccc1. The summed E-state index contributed by atoms with van der Waals surface area (Å²) in [6.07, 6.45) is 0. The highest BCUT2D eigenvalue weighted by Gasteiger charge is 2.51. The third kappa shape index (κ3) is 3.73. The molecule has 1 amide bonds. The Labute approximate surface area is 157 Å². The van der Waals surface area contributed by atoms with Crippen LogP contribution in [0.15, 0.2) is 59.7 Å². The molecule has 0 aromatic heterocycles. The molecular formula is C17H15ClN2O3S2. The summed E-state index contributed by atoms with van der Waals surface area (Å²) < 4.78 is 16.0. The minimum atomic E-state index is -1.86. The van der Waals surface area contributed by atoms with E-state index in [1.807, 2.05) is 25.1 Å². The van der Waals surface area contributed by atoms with Gasteiger partial charge in [-0.2, -0.15) is 10.1 Å². The van der Waals surface area contributed by atoms with Gasteiger partial charge in [0.25, 0.3) is 16.0 Å². The zero-order chi connectivity index (χ0) is 18.0. The predicted octanol–water partition coefficient (Wildman–Crippen LogP) is 4.04. The second kappa shape index (κ2) is 7.19. The third-order valence-electron chi connectivity index (χ3n) is 3.55. The molecule has 5 nitrogen and oxygen atoms in total. The maximum Gasteiger partial charge on any atom is 0.285 e. The first-order valence-corrected chi connectivity index (χ1v) is 10.2. The molecule has 0 spiro atoms. The zero-order valence-electron chi connectivity index (χ0n) is 13.5. The Hall–Kier alpha value is -1.83. The van der Waals surface area contributed by atoms with Crippen molar-refractivity contribution >= 4 is 49.8 Å². The molecule has 1 heterocycles. The highest BCUT2D eigenvalue weighted by molar-refractivity contribution is 8.69. The normalized spacial score (nSPS) is 21.2. The van der Waals surface area contributed by atoms with Gasteiger partial charge in [0.1, 0.15) is 5.75 Å². The second-order valence-electron chi connectivity index (χ2n) is 5.42. The van der Waals surface area contributed by atoms with Gasteiger partial charge in [0.2, 0.25) is 4.21 Å². The summed E-state index contributed by atoms with van der Waals surface area (Å²) in [7, 11) is -1.14. The molecule has 0 N–H and O–H groups in total. The Morgan fingerprint density at radius 2 is 1.76 bits per heavy atom. The summed E-state index contributed by atoms with van der Waals surface area (Å²) in [5.41, 5.74) is 2.03. The van der Waals surface area contributed by atoms with Crippen molar-refractivity contribution in [3.63, 3.8) is 0 Å². The Balaban J connectivity index is 1.77. The average Bonchev–Trinajstić information content (AvgIpc) is 2.80. The molecule has 1 aliphatic heterocycles. The van der Waals surface area contributed by atoms with Gasteiger partial charge in [-0.15, -0.1) is 0 Å². The van der Waals surface area contributed by atoms with Gasteiger partial charge in [-0.05, 0) is 38.1 Å². The monoisotopic (exact) mass is 394 g/mol. The van der Waals surface area contributed by atoms with Gasteiger partial charge >= 0.3 is 0 Å². The highest BCUT2D eigenvalue weighted by atomic mass is 35.5. The number of alkyl halides is 1. The molecule has 1 aliphatic rings. The number of hydrogen-bond acceptors (Lipinski definition) is 5. The maximum absolute atomic E-state index is 12.8. The fourth-order valence-electron chi connectivity index (χ4n) is 2.17. The fourth-order valence-corrected chi connectivity index (χ4v) is 5.04. The van der Waals surface area contributed by atoms with Crippen LogP contribution in [0.4, 0.5) is 5.69 Å². The van der Waals surface area contributed by atoms with Gasteiger partial charge in [0.05, 0.1) is 11.4 Å². The van der Waals surface area contributed by atoms with E-state index < -0.39 is 20.2 Å². The van der Waals surface area contributed by atoms with E-state index in [-0.39, 0.29) is 0 Å². The van der Waals surface area contributed by atoms with Crippen LogP contribution in [0.25, 0.3) is 0 Å². The van der Waals surface area contributed by atoms with Gasteiger partial charge in [-0.25, -0.2) is 4.21 Å². The molecule has 2 aromatic rings. The van der Waals surface area contributed by atoms with E-state index in [9.17, 15) is 9.00 Å². The molecule has 2 aromatic carbocycles. The first kappa shape index (κ1) is 18.0. The molecule has 25 heavy (non-hydrogen) atoms. The standard InChI is InChI=1S/C17H15ClN2O3S2/c1-12-8-10-14(11-9-12)20-16(21)17(18,13(2)19-20)24-25(22)23-15-6-4-3-5-7-15/h3-11H,1-2H3. The predicted molar refractivity (Wildman–Crippen MR) is 103 cm³/mol. The van der Waals surface area contributed by atoms with E-state index >= 15 is 0 Å². The van der Waals surface area contributed by atoms with Gasteiger partial charge in [0, 0.05) is 10.8 Å². The van der Waals surface area contributed by atoms with Crippen LogP contribution in [-0.2, 0) is 14.9 Å². The molecule has 2 unspecified atom stereocenters. The Bertz CT molecular complexity index is 843. The number of anilines is 1. The molecule has 130 valence electrons. The smallest absolute Gasteiger partial charge is 0.285 e. The van der Waals surface area contributed by atoms with Crippen LogP contribution in [-0.4, -0.2) is 20.0 Å². The van der Waals surface area contributed by atoms with Crippen LogP contribution in [0.5, 0.6) is 5.75 Å². The molecule has 2 atom stereocenters. The number of amides is 1. The second-order valence-corrected chi connectivity index (χ2v) is 8.88. The van der Waals surface area contributed by atoms with Crippen molar-refractivity contribution in [2.24, 2.45) is 5.10 Å². The summed E-state index contributed by atoms with van der Waals surface area (Å²) in [6.45, 7) is 3.58. The first-order chi connectivity index (χ1) is 11.9. The van der Waals surface area contributed by atoms with Crippen LogP contribution in [0, 0.1) is 6.92 Å². The number of carbonyl (C=O) groups is 1. The molecule has 0 saturated heterocycles. The zero-order valence-corrected chi connectivity index (χ0v) is 15.9. The number of halogens is 1.